The summed E-state index contributed by atoms with van der Waals surface area (Å²) in [5.41, 5.74) is 0.434. The standard InChI is InChI=1S/C16H22O8Si.C16H28O4Si.C15H26O5Si.C14H22O5Si.C14H24O5Si.C14H24O4Si.C13H22O4Si/c1-11(17)22-25(23-12(2)18,24-13(3)19)10-15-6-8-16(9-7-15)21-14(4)20-5;1-7-17-21(18-8-2,19-9-3)15-12-10-14(11-13-15)20-16(4,5)6;1-6-17-21(18-7-2,19-8-3)15-11-9-14(10-12-15)20-13(4)16-5;1-4-17-20(18-5-2,19-6-3)12-7-8-13-14(11-12)16-10-9-15-13;1-6-17-20(18-7-2,19-8-3)14-10-12(15-4)9-13(11-14)16-5;1-5-15-13-9-11-14(12-10-13)19(16-6-2,17-7-3)18-8-4;1-5-15-18(16-6-2,17-7-3)13-10-8-12(14-4)9-11-13/h6-9,14H,10H2,1-5H3;10-13H,7-9H2,1-6H3;9-13H,6-8H2,1-5H3;7-8,11H,4-6,9-10H2,1-3H3;9-11H,6-8H2,1-5H3;9-12H,5-8H2,1-4H3;8-11H,5-7H2,1-4H3. The van der Waals surface area contributed by atoms with Crippen LogP contribution in [0.2, 0.25) is 0 Å². The van der Waals surface area contributed by atoms with Crippen LogP contribution in [-0.4, -0.2) is 272 Å². The van der Waals surface area contributed by atoms with Crippen LogP contribution in [0.5, 0.6) is 51.7 Å². The Morgan fingerprint density at radius 2 is 0.521 bits per heavy atom. The average molecular weight is 2150 g/mol. The maximum absolute atomic E-state index is 11.4. The van der Waals surface area contributed by atoms with Crippen LogP contribution in [0.15, 0.2) is 158 Å². The van der Waals surface area contributed by atoms with Gasteiger partial charge < -0.3 is 145 Å². The summed E-state index contributed by atoms with van der Waals surface area (Å²) in [6, 6.07) is 49.0. The molecule has 0 N–H and O–H groups in total. The van der Waals surface area contributed by atoms with Crippen LogP contribution in [0.1, 0.15) is 193 Å². The summed E-state index contributed by atoms with van der Waals surface area (Å²) in [4.78, 5) is 34.3. The fraction of sp³-hybridized carbons (Fsp3) is 0.559. The number of methoxy groups -OCH3 is 5. The van der Waals surface area contributed by atoms with Crippen LogP contribution in [-0.2, 0) is 123 Å². The Balaban J connectivity index is 0.000000569. The Morgan fingerprint density at radius 3 is 0.778 bits per heavy atom. The van der Waals surface area contributed by atoms with E-state index in [1.807, 2.05) is 293 Å². The minimum absolute atomic E-state index is 0.0359. The highest BCUT2D eigenvalue weighted by Crippen LogP contribution is 2.32. The number of hydrogen-bond acceptors (Lipinski definition) is 35. The van der Waals surface area contributed by atoms with Crippen LogP contribution in [0.4, 0.5) is 0 Å². The van der Waals surface area contributed by atoms with Gasteiger partial charge in [-0.05, 0) is 257 Å². The lowest BCUT2D eigenvalue weighted by Crippen LogP contribution is -2.56. The zero-order valence-electron chi connectivity index (χ0n) is 91.5. The molecule has 7 aromatic carbocycles. The van der Waals surface area contributed by atoms with Gasteiger partial charge in [0.15, 0.2) is 24.1 Å². The van der Waals surface area contributed by atoms with Gasteiger partial charge in [-0.15, -0.1) is 0 Å². The second-order valence-corrected chi connectivity index (χ2v) is 48.3. The minimum Gasteiger partial charge on any atom is -0.497 e. The van der Waals surface area contributed by atoms with Gasteiger partial charge in [-0.25, -0.2) is 0 Å². The molecule has 0 amide bonds. The van der Waals surface area contributed by atoms with Gasteiger partial charge in [0.1, 0.15) is 59.1 Å². The van der Waals surface area contributed by atoms with E-state index in [2.05, 4.69) is 0 Å². The molecule has 0 aromatic heterocycles. The predicted octanol–water partition coefficient (Wildman–Crippen LogP) is 15.2. The molecule has 814 valence electrons. The Labute approximate surface area is 865 Å². The van der Waals surface area contributed by atoms with Crippen molar-refractivity contribution in [2.24, 2.45) is 0 Å². The topological polar surface area (TPSA) is 347 Å². The van der Waals surface area contributed by atoms with Gasteiger partial charge in [0.25, 0.3) is 17.9 Å². The number of ether oxygens (including phenoxy) is 11. The molecule has 1 aliphatic heterocycles. The lowest BCUT2D eigenvalue weighted by Gasteiger charge is -2.29. The highest BCUT2D eigenvalue weighted by atomic mass is 28.4. The van der Waals surface area contributed by atoms with Crippen molar-refractivity contribution in [3.05, 3.63) is 163 Å². The molecule has 1 heterocycles. The molecule has 0 saturated heterocycles. The third-order valence-corrected chi connectivity index (χ3v) is 39.8. The van der Waals surface area contributed by atoms with Gasteiger partial charge in [-0.2, -0.15) is 0 Å². The molecule has 0 spiro atoms. The number of carbonyl (C=O) groups is 3. The van der Waals surface area contributed by atoms with Crippen molar-refractivity contribution in [1.82, 2.24) is 0 Å². The molecule has 7 aromatic rings. The van der Waals surface area contributed by atoms with Gasteiger partial charge in [0.05, 0.1) is 34.0 Å². The normalized spacial score (nSPS) is 12.4. The van der Waals surface area contributed by atoms with E-state index in [1.54, 1.807) is 59.6 Å². The van der Waals surface area contributed by atoms with Crippen LogP contribution in [0.25, 0.3) is 0 Å². The lowest BCUT2D eigenvalue weighted by molar-refractivity contribution is -0.148. The molecular formula is C102H168O35Si7. The first-order chi connectivity index (χ1) is 69.0. The third-order valence-electron chi connectivity index (χ3n) is 18.9. The molecule has 0 aliphatic carbocycles. The van der Waals surface area contributed by atoms with Gasteiger partial charge in [-0.3, -0.25) is 14.4 Å². The molecular weight excluding hydrogens is 1980 g/mol. The maximum Gasteiger partial charge on any atom is 0.709 e. The van der Waals surface area contributed by atoms with Crippen molar-refractivity contribution in [3.8, 4) is 51.7 Å². The van der Waals surface area contributed by atoms with E-state index in [0.29, 0.717) is 162 Å². The summed E-state index contributed by atoms with van der Waals surface area (Å²) < 4.78 is 180. The first kappa shape index (κ1) is 132. The molecule has 0 radical (unpaired) electrons. The number of rotatable bonds is 59. The molecule has 144 heavy (non-hydrogen) atoms. The molecule has 0 saturated carbocycles. The first-order valence-electron chi connectivity index (χ1n) is 49.5. The predicted molar refractivity (Wildman–Crippen MR) is 568 cm³/mol. The molecule has 8 rings (SSSR count). The second-order valence-electron chi connectivity index (χ2n) is 30.7. The van der Waals surface area contributed by atoms with Crippen molar-refractivity contribution in [3.63, 3.8) is 0 Å². The highest BCUT2D eigenvalue weighted by Gasteiger charge is 2.53. The van der Waals surface area contributed by atoms with Crippen molar-refractivity contribution < 1.29 is 159 Å². The molecule has 1 aliphatic rings. The first-order valence-corrected chi connectivity index (χ1v) is 61.8. The molecule has 2 unspecified atom stereocenters. The monoisotopic (exact) mass is 2150 g/mol. The fourth-order valence-corrected chi connectivity index (χ4v) is 30.9. The van der Waals surface area contributed by atoms with E-state index in [0.717, 1.165) is 86.4 Å². The molecule has 0 fully saturated rings. The third kappa shape index (κ3) is 45.5. The van der Waals surface area contributed by atoms with E-state index < -0.39 is 85.8 Å². The summed E-state index contributed by atoms with van der Waals surface area (Å²) in [5, 5.41) is 5.60. The van der Waals surface area contributed by atoms with Crippen LogP contribution >= 0.6 is 0 Å². The smallest absolute Gasteiger partial charge is 0.497 e. The SMILES string of the molecule is CCO[Si](OCC)(OCC)c1cc(OC)cc(OC)c1.CCO[Si](OCC)(OCC)c1ccc(OC(C)(C)C)cc1.CCO[Si](OCC)(OCC)c1ccc(OC(C)OC)cc1.CCO[Si](OCC)(OCC)c1ccc(OC)cc1.CCO[Si](OCC)(OCC)c1ccc2c(c1)OCCO2.CCOc1ccc([Si](OCC)(OCC)OCC)cc1.COC(C)Oc1ccc(C[Si](OC(C)=O)(OC(C)=O)OC(C)=O)cc1. The molecule has 42 heteroatoms. The van der Waals surface area contributed by atoms with Gasteiger partial charge in [-0.1, -0.05) is 66.7 Å². The van der Waals surface area contributed by atoms with Crippen LogP contribution in [0, 0.1) is 0 Å². The minimum atomic E-state index is -3.90. The Hall–Kier alpha value is -8.13. The molecule has 0 bridgehead atoms. The van der Waals surface area contributed by atoms with Crippen molar-refractivity contribution in [2.75, 3.05) is 174 Å². The quantitative estimate of drug-likeness (QED) is 0.0252. The second kappa shape index (κ2) is 72.3. The van der Waals surface area contributed by atoms with E-state index >= 15 is 0 Å². The Kier molecular flexibility index (Phi) is 66.2. The molecule has 2 atom stereocenters. The van der Waals surface area contributed by atoms with Gasteiger partial charge >= 0.3 is 61.6 Å². The highest BCUT2D eigenvalue weighted by molar-refractivity contribution is 6.78. The van der Waals surface area contributed by atoms with E-state index in [9.17, 15) is 14.4 Å². The number of carbonyl (C=O) groups excluding carboxylic acids is 3. The van der Waals surface area contributed by atoms with Gasteiger partial charge in [0.2, 0.25) is 0 Å². The van der Waals surface area contributed by atoms with E-state index in [4.69, 9.17) is 145 Å². The summed E-state index contributed by atoms with van der Waals surface area (Å²) >= 11 is 0. The van der Waals surface area contributed by atoms with E-state index in [1.165, 1.54) is 7.11 Å². The number of benzene rings is 7. The lowest BCUT2D eigenvalue weighted by atomic mass is 10.2. The zero-order valence-corrected chi connectivity index (χ0v) is 98.5. The summed E-state index contributed by atoms with van der Waals surface area (Å²) in [7, 11) is -12.9. The summed E-state index contributed by atoms with van der Waals surface area (Å²) in [6.07, 6.45) is -0.703. The Morgan fingerprint density at radius 1 is 0.278 bits per heavy atom. The summed E-state index contributed by atoms with van der Waals surface area (Å²) in [6.45, 7) is 61.8. The molecule has 35 nitrogen and oxygen atoms in total. The van der Waals surface area contributed by atoms with Crippen molar-refractivity contribution >= 4 is 111 Å². The van der Waals surface area contributed by atoms with Crippen molar-refractivity contribution in [1.29, 1.82) is 0 Å². The fourth-order valence-electron chi connectivity index (χ4n) is 13.7. The van der Waals surface area contributed by atoms with E-state index in [-0.39, 0.29) is 17.9 Å². The summed E-state index contributed by atoms with van der Waals surface area (Å²) in [5.74, 6) is 4.54. The van der Waals surface area contributed by atoms with Crippen LogP contribution < -0.4 is 73.8 Å². The van der Waals surface area contributed by atoms with Gasteiger partial charge in [0, 0.05) is 191 Å². The average Bonchev–Trinajstić information content (AvgIpc) is 0.789. The van der Waals surface area contributed by atoms with Crippen LogP contribution in [0.3, 0.4) is 0 Å². The largest absolute Gasteiger partial charge is 0.709 e. The van der Waals surface area contributed by atoms with Crippen molar-refractivity contribution in [2.45, 2.75) is 211 Å². The maximum atomic E-state index is 11.4. The zero-order chi connectivity index (χ0) is 108. The Bertz CT molecular complexity index is 4380. The number of hydrogen-bond donors (Lipinski definition) is 0. The number of fused-ring (bicyclic) bond motifs is 1.